The molecule has 2 aromatic carbocycles. The van der Waals surface area contributed by atoms with Gasteiger partial charge in [0.25, 0.3) is 5.91 Å². The SMILES string of the molecule is Cc1cccc(C)c1NC(=O)C1(c2cccs2)CC(=O)N1c1ccccc1. The first-order valence-electron chi connectivity index (χ1n) is 8.84. The van der Waals surface area contributed by atoms with Crippen molar-refractivity contribution in [2.75, 3.05) is 10.2 Å². The third kappa shape index (κ3) is 2.75. The molecule has 1 N–H and O–H groups in total. The van der Waals surface area contributed by atoms with Crippen molar-refractivity contribution in [2.45, 2.75) is 25.8 Å². The molecule has 1 saturated heterocycles. The number of para-hydroxylation sites is 2. The molecule has 0 saturated carbocycles. The van der Waals surface area contributed by atoms with E-state index < -0.39 is 5.54 Å². The number of nitrogens with zero attached hydrogens (tertiary/aromatic N) is 1. The molecule has 1 aliphatic heterocycles. The van der Waals surface area contributed by atoms with Gasteiger partial charge in [-0.15, -0.1) is 11.3 Å². The molecule has 0 radical (unpaired) electrons. The van der Waals surface area contributed by atoms with Crippen LogP contribution in [0.25, 0.3) is 0 Å². The fourth-order valence-electron chi connectivity index (χ4n) is 3.67. The van der Waals surface area contributed by atoms with Crippen LogP contribution < -0.4 is 10.2 Å². The van der Waals surface area contributed by atoms with Gasteiger partial charge in [0.15, 0.2) is 5.54 Å². The quantitative estimate of drug-likeness (QED) is 0.675. The maximum atomic E-state index is 13.6. The van der Waals surface area contributed by atoms with Crippen LogP contribution in [-0.2, 0) is 15.1 Å². The third-order valence-corrected chi connectivity index (χ3v) is 6.10. The molecule has 4 nitrogen and oxygen atoms in total. The molecule has 1 atom stereocenters. The molecule has 3 aromatic rings. The molecule has 0 bridgehead atoms. The Hall–Kier alpha value is -2.92. The second kappa shape index (κ2) is 6.67. The monoisotopic (exact) mass is 376 g/mol. The van der Waals surface area contributed by atoms with Gasteiger partial charge in [-0.2, -0.15) is 0 Å². The number of hydrogen-bond donors (Lipinski definition) is 1. The van der Waals surface area contributed by atoms with Crippen LogP contribution in [0.4, 0.5) is 11.4 Å². The summed E-state index contributed by atoms with van der Waals surface area (Å²) >= 11 is 1.50. The molecule has 4 rings (SSSR count). The zero-order valence-electron chi connectivity index (χ0n) is 15.2. The fourth-order valence-corrected chi connectivity index (χ4v) is 4.59. The zero-order chi connectivity index (χ0) is 19.0. The number of rotatable bonds is 4. The Labute approximate surface area is 162 Å². The third-order valence-electron chi connectivity index (χ3n) is 5.08. The first-order chi connectivity index (χ1) is 13.0. The number of thiophene rings is 1. The fraction of sp³-hybridized carbons (Fsp3) is 0.182. The number of carbonyl (C=O) groups excluding carboxylic acids is 2. The summed E-state index contributed by atoms with van der Waals surface area (Å²) in [6.45, 7) is 3.95. The smallest absolute Gasteiger partial charge is 0.256 e. The topological polar surface area (TPSA) is 49.4 Å². The van der Waals surface area contributed by atoms with E-state index in [2.05, 4.69) is 5.32 Å². The van der Waals surface area contributed by atoms with Crippen LogP contribution in [0.15, 0.2) is 66.0 Å². The summed E-state index contributed by atoms with van der Waals surface area (Å²) in [6.07, 6.45) is 0.166. The highest BCUT2D eigenvalue weighted by Gasteiger charge is 2.59. The summed E-state index contributed by atoms with van der Waals surface area (Å²) in [5, 5.41) is 5.04. The van der Waals surface area contributed by atoms with E-state index in [1.165, 1.54) is 11.3 Å². The Morgan fingerprint density at radius 3 is 2.30 bits per heavy atom. The molecule has 27 heavy (non-hydrogen) atoms. The van der Waals surface area contributed by atoms with Crippen LogP contribution in [0.1, 0.15) is 22.4 Å². The lowest BCUT2D eigenvalue weighted by molar-refractivity contribution is -0.137. The average molecular weight is 376 g/mol. The minimum absolute atomic E-state index is 0.0498. The van der Waals surface area contributed by atoms with Crippen LogP contribution in [0.3, 0.4) is 0 Å². The minimum atomic E-state index is -1.01. The molecule has 1 unspecified atom stereocenters. The molecule has 2 heterocycles. The molecule has 136 valence electrons. The summed E-state index contributed by atoms with van der Waals surface area (Å²) < 4.78 is 0. The second-order valence-corrected chi connectivity index (χ2v) is 7.75. The second-order valence-electron chi connectivity index (χ2n) is 6.80. The summed E-state index contributed by atoms with van der Waals surface area (Å²) in [6, 6.07) is 19.2. The van der Waals surface area contributed by atoms with Crippen LogP contribution in [0.2, 0.25) is 0 Å². The number of hydrogen-bond acceptors (Lipinski definition) is 3. The predicted molar refractivity (Wildman–Crippen MR) is 109 cm³/mol. The Balaban J connectivity index is 1.79. The molecular formula is C22H20N2O2S. The van der Waals surface area contributed by atoms with E-state index in [1.54, 1.807) is 4.90 Å². The Morgan fingerprint density at radius 2 is 1.70 bits per heavy atom. The summed E-state index contributed by atoms with van der Waals surface area (Å²) in [7, 11) is 0. The van der Waals surface area contributed by atoms with E-state index in [9.17, 15) is 9.59 Å². The minimum Gasteiger partial charge on any atom is -0.323 e. The van der Waals surface area contributed by atoms with Crippen LogP contribution >= 0.6 is 11.3 Å². The van der Waals surface area contributed by atoms with Crippen molar-refractivity contribution >= 4 is 34.5 Å². The summed E-state index contributed by atoms with van der Waals surface area (Å²) in [4.78, 5) is 28.6. The van der Waals surface area contributed by atoms with E-state index in [0.717, 1.165) is 27.4 Å². The molecule has 0 spiro atoms. The Bertz CT molecular complexity index is 978. The lowest BCUT2D eigenvalue weighted by Crippen LogP contribution is -2.67. The molecule has 1 aromatic heterocycles. The number of amides is 2. The maximum Gasteiger partial charge on any atom is 0.256 e. The highest BCUT2D eigenvalue weighted by molar-refractivity contribution is 7.10. The van der Waals surface area contributed by atoms with Crippen molar-refractivity contribution in [2.24, 2.45) is 0 Å². The first kappa shape index (κ1) is 17.5. The normalized spacial score (nSPS) is 18.9. The van der Waals surface area contributed by atoms with Crippen molar-refractivity contribution in [1.82, 2.24) is 0 Å². The molecule has 1 aliphatic rings. The molecular weight excluding hydrogens is 356 g/mol. The molecule has 5 heteroatoms. The van der Waals surface area contributed by atoms with Crippen molar-refractivity contribution in [3.8, 4) is 0 Å². The van der Waals surface area contributed by atoms with E-state index in [4.69, 9.17) is 0 Å². The lowest BCUT2D eigenvalue weighted by Gasteiger charge is -2.50. The van der Waals surface area contributed by atoms with E-state index in [-0.39, 0.29) is 18.2 Å². The number of β-lactam (4-membered cyclic amide) rings is 1. The number of benzene rings is 2. The number of carbonyl (C=O) groups is 2. The van der Waals surface area contributed by atoms with Gasteiger partial charge in [0.1, 0.15) is 0 Å². The number of nitrogens with one attached hydrogen (secondary N) is 1. The molecule has 2 amide bonds. The van der Waals surface area contributed by atoms with Gasteiger partial charge in [-0.1, -0.05) is 42.5 Å². The lowest BCUT2D eigenvalue weighted by atomic mass is 9.80. The average Bonchev–Trinajstić information content (AvgIpc) is 3.18. The van der Waals surface area contributed by atoms with Crippen molar-refractivity contribution in [3.05, 3.63) is 82.0 Å². The van der Waals surface area contributed by atoms with Gasteiger partial charge in [-0.25, -0.2) is 0 Å². The summed E-state index contributed by atoms with van der Waals surface area (Å²) in [5.74, 6) is -0.225. The van der Waals surface area contributed by atoms with E-state index in [1.807, 2.05) is 79.9 Å². The standard InChI is InChI=1S/C22H20N2O2S/c1-15-8-6-9-16(2)20(15)23-21(26)22(18-12-7-13-27-18)14-19(25)24(22)17-10-4-3-5-11-17/h3-13H,14H2,1-2H3,(H,23,26). The highest BCUT2D eigenvalue weighted by Crippen LogP contribution is 2.47. The molecule has 1 fully saturated rings. The van der Waals surface area contributed by atoms with E-state index >= 15 is 0 Å². The van der Waals surface area contributed by atoms with Gasteiger partial charge in [-0.05, 0) is 48.6 Å². The van der Waals surface area contributed by atoms with Gasteiger partial charge in [-0.3, -0.25) is 14.5 Å². The van der Waals surface area contributed by atoms with Crippen LogP contribution in [0.5, 0.6) is 0 Å². The number of aryl methyl sites for hydroxylation is 2. The first-order valence-corrected chi connectivity index (χ1v) is 9.72. The van der Waals surface area contributed by atoms with Crippen molar-refractivity contribution in [1.29, 1.82) is 0 Å². The maximum absolute atomic E-state index is 13.6. The van der Waals surface area contributed by atoms with Crippen molar-refractivity contribution < 1.29 is 9.59 Å². The number of anilines is 2. The van der Waals surface area contributed by atoms with Gasteiger partial charge in [0.2, 0.25) is 5.91 Å². The van der Waals surface area contributed by atoms with Gasteiger partial charge >= 0.3 is 0 Å². The highest BCUT2D eigenvalue weighted by atomic mass is 32.1. The predicted octanol–water partition coefficient (Wildman–Crippen LogP) is 4.64. The Morgan fingerprint density at radius 1 is 1.00 bits per heavy atom. The zero-order valence-corrected chi connectivity index (χ0v) is 16.0. The van der Waals surface area contributed by atoms with E-state index in [0.29, 0.717) is 0 Å². The largest absolute Gasteiger partial charge is 0.323 e. The molecule has 0 aliphatic carbocycles. The van der Waals surface area contributed by atoms with Crippen molar-refractivity contribution in [3.63, 3.8) is 0 Å². The van der Waals surface area contributed by atoms with Crippen LogP contribution in [-0.4, -0.2) is 11.8 Å². The van der Waals surface area contributed by atoms with Gasteiger partial charge < -0.3 is 5.32 Å². The Kier molecular flexibility index (Phi) is 4.32. The summed E-state index contributed by atoms with van der Waals surface area (Å²) in [5.41, 5.74) is 2.54. The van der Waals surface area contributed by atoms with Gasteiger partial charge in [0.05, 0.1) is 6.42 Å². The van der Waals surface area contributed by atoms with Gasteiger partial charge in [0, 0.05) is 16.3 Å². The van der Waals surface area contributed by atoms with Crippen LogP contribution in [0, 0.1) is 13.8 Å².